The SMILES string of the molecule is COc1ccc(C(=O)OC(=O)c2ccc(OC)cc2S)cc1. The van der Waals surface area contributed by atoms with Gasteiger partial charge in [-0.1, -0.05) is 0 Å². The molecule has 6 heteroatoms. The van der Waals surface area contributed by atoms with Gasteiger partial charge in [-0.25, -0.2) is 9.59 Å². The van der Waals surface area contributed by atoms with Crippen molar-refractivity contribution in [3.63, 3.8) is 0 Å². The molecule has 2 aromatic rings. The van der Waals surface area contributed by atoms with Crippen LogP contribution in [0.5, 0.6) is 11.5 Å². The normalized spacial score (nSPS) is 9.95. The summed E-state index contributed by atoms with van der Waals surface area (Å²) < 4.78 is 14.9. The molecule has 0 saturated heterocycles. The Morgan fingerprint density at radius 1 is 0.864 bits per heavy atom. The number of hydrogen-bond acceptors (Lipinski definition) is 6. The molecule has 5 nitrogen and oxygen atoms in total. The number of hydrogen-bond donors (Lipinski definition) is 1. The minimum Gasteiger partial charge on any atom is -0.497 e. The lowest BCUT2D eigenvalue weighted by atomic mass is 10.2. The van der Waals surface area contributed by atoms with Gasteiger partial charge in [0.15, 0.2) is 0 Å². The van der Waals surface area contributed by atoms with Crippen LogP contribution >= 0.6 is 12.6 Å². The van der Waals surface area contributed by atoms with Crippen LogP contribution in [-0.2, 0) is 4.74 Å². The molecule has 0 heterocycles. The number of benzene rings is 2. The molecule has 0 radical (unpaired) electrons. The minimum absolute atomic E-state index is 0.186. The van der Waals surface area contributed by atoms with Crippen molar-refractivity contribution in [3.8, 4) is 11.5 Å². The summed E-state index contributed by atoms with van der Waals surface area (Å²) in [4.78, 5) is 24.3. The Morgan fingerprint density at radius 2 is 1.45 bits per heavy atom. The molecule has 0 spiro atoms. The molecular formula is C16H14O5S. The van der Waals surface area contributed by atoms with Gasteiger partial charge >= 0.3 is 11.9 Å². The summed E-state index contributed by atoms with van der Waals surface area (Å²) in [6, 6.07) is 10.9. The topological polar surface area (TPSA) is 61.8 Å². The summed E-state index contributed by atoms with van der Waals surface area (Å²) in [5, 5.41) is 0. The van der Waals surface area contributed by atoms with Crippen LogP contribution < -0.4 is 9.47 Å². The molecule has 0 aliphatic heterocycles. The zero-order valence-electron chi connectivity index (χ0n) is 12.0. The van der Waals surface area contributed by atoms with Gasteiger partial charge in [-0.3, -0.25) is 0 Å². The molecule has 0 fully saturated rings. The zero-order valence-corrected chi connectivity index (χ0v) is 12.9. The fraction of sp³-hybridized carbons (Fsp3) is 0.125. The maximum atomic E-state index is 12.0. The van der Waals surface area contributed by atoms with Gasteiger partial charge in [0, 0.05) is 4.90 Å². The maximum absolute atomic E-state index is 12.0. The van der Waals surface area contributed by atoms with Gasteiger partial charge in [0.2, 0.25) is 0 Å². The van der Waals surface area contributed by atoms with Crippen molar-refractivity contribution >= 4 is 24.6 Å². The van der Waals surface area contributed by atoms with Crippen molar-refractivity contribution in [2.24, 2.45) is 0 Å². The highest BCUT2D eigenvalue weighted by Crippen LogP contribution is 2.22. The Balaban J connectivity index is 2.12. The highest BCUT2D eigenvalue weighted by molar-refractivity contribution is 7.80. The van der Waals surface area contributed by atoms with Crippen molar-refractivity contribution in [3.05, 3.63) is 53.6 Å². The number of carbonyl (C=O) groups is 2. The monoisotopic (exact) mass is 318 g/mol. The molecule has 114 valence electrons. The van der Waals surface area contributed by atoms with Gasteiger partial charge in [-0.05, 0) is 42.5 Å². The quantitative estimate of drug-likeness (QED) is 0.533. The van der Waals surface area contributed by atoms with Crippen molar-refractivity contribution in [1.29, 1.82) is 0 Å². The van der Waals surface area contributed by atoms with Crippen LogP contribution in [0.3, 0.4) is 0 Å². The summed E-state index contributed by atoms with van der Waals surface area (Å²) in [5.41, 5.74) is 0.439. The summed E-state index contributed by atoms with van der Waals surface area (Å²) in [6.07, 6.45) is 0. The average Bonchev–Trinajstić information content (AvgIpc) is 2.54. The van der Waals surface area contributed by atoms with E-state index in [0.29, 0.717) is 16.4 Å². The van der Waals surface area contributed by atoms with Crippen LogP contribution in [0.1, 0.15) is 20.7 Å². The van der Waals surface area contributed by atoms with E-state index in [4.69, 9.17) is 14.2 Å². The largest absolute Gasteiger partial charge is 0.497 e. The number of methoxy groups -OCH3 is 2. The number of rotatable bonds is 4. The van der Waals surface area contributed by atoms with E-state index in [0.717, 1.165) is 0 Å². The molecule has 0 aliphatic carbocycles. The molecule has 2 aromatic carbocycles. The van der Waals surface area contributed by atoms with Gasteiger partial charge in [0.05, 0.1) is 25.3 Å². The van der Waals surface area contributed by atoms with Crippen LogP contribution in [0.25, 0.3) is 0 Å². The summed E-state index contributed by atoms with van der Waals surface area (Å²) in [6.45, 7) is 0. The van der Waals surface area contributed by atoms with Crippen LogP contribution in [0.2, 0.25) is 0 Å². The third-order valence-corrected chi connectivity index (χ3v) is 3.31. The van der Waals surface area contributed by atoms with E-state index in [-0.39, 0.29) is 11.1 Å². The van der Waals surface area contributed by atoms with Crippen LogP contribution in [0, 0.1) is 0 Å². The zero-order chi connectivity index (χ0) is 16.1. The highest BCUT2D eigenvalue weighted by atomic mass is 32.1. The molecular weight excluding hydrogens is 304 g/mol. The van der Waals surface area contributed by atoms with Crippen molar-refractivity contribution < 1.29 is 23.8 Å². The lowest BCUT2D eigenvalue weighted by molar-refractivity contribution is 0.0395. The Kier molecular flexibility index (Phi) is 5.06. The highest BCUT2D eigenvalue weighted by Gasteiger charge is 2.17. The molecule has 0 aliphatic rings. The Hall–Kier alpha value is -2.47. The molecule has 2 rings (SSSR count). The van der Waals surface area contributed by atoms with E-state index >= 15 is 0 Å². The van der Waals surface area contributed by atoms with Gasteiger partial charge < -0.3 is 14.2 Å². The minimum atomic E-state index is -0.770. The first-order valence-electron chi connectivity index (χ1n) is 6.32. The van der Waals surface area contributed by atoms with E-state index in [1.165, 1.54) is 32.4 Å². The van der Waals surface area contributed by atoms with Crippen molar-refractivity contribution in [2.75, 3.05) is 14.2 Å². The second-order valence-corrected chi connectivity index (χ2v) is 4.77. The smallest absolute Gasteiger partial charge is 0.347 e. The van der Waals surface area contributed by atoms with Crippen LogP contribution in [-0.4, -0.2) is 26.2 Å². The van der Waals surface area contributed by atoms with E-state index in [9.17, 15) is 9.59 Å². The second kappa shape index (κ2) is 7.00. The fourth-order valence-corrected chi connectivity index (χ4v) is 2.03. The summed E-state index contributed by atoms with van der Waals surface area (Å²) in [5.74, 6) is -0.344. The Morgan fingerprint density at radius 3 is 2.00 bits per heavy atom. The molecule has 0 atom stereocenters. The molecule has 0 N–H and O–H groups in total. The lowest BCUT2D eigenvalue weighted by Gasteiger charge is -2.07. The first kappa shape index (κ1) is 15.9. The van der Waals surface area contributed by atoms with E-state index < -0.39 is 11.9 Å². The van der Waals surface area contributed by atoms with Crippen molar-refractivity contribution in [2.45, 2.75) is 4.90 Å². The maximum Gasteiger partial charge on any atom is 0.347 e. The first-order valence-corrected chi connectivity index (χ1v) is 6.77. The molecule has 0 unspecified atom stereocenters. The summed E-state index contributed by atoms with van der Waals surface area (Å²) >= 11 is 4.19. The van der Waals surface area contributed by atoms with E-state index in [1.54, 1.807) is 24.3 Å². The van der Waals surface area contributed by atoms with E-state index in [2.05, 4.69) is 12.6 Å². The molecule has 0 saturated carbocycles. The molecule has 0 aromatic heterocycles. The number of carbonyl (C=O) groups excluding carboxylic acids is 2. The van der Waals surface area contributed by atoms with Crippen LogP contribution in [0.15, 0.2) is 47.4 Å². The number of esters is 2. The fourth-order valence-electron chi connectivity index (χ4n) is 1.74. The summed E-state index contributed by atoms with van der Waals surface area (Å²) in [7, 11) is 3.03. The third kappa shape index (κ3) is 3.59. The molecule has 0 bridgehead atoms. The molecule has 22 heavy (non-hydrogen) atoms. The van der Waals surface area contributed by atoms with Gasteiger partial charge in [-0.15, -0.1) is 12.6 Å². The lowest BCUT2D eigenvalue weighted by Crippen LogP contribution is -2.13. The average molecular weight is 318 g/mol. The number of ether oxygens (including phenoxy) is 3. The van der Waals surface area contributed by atoms with E-state index in [1.807, 2.05) is 0 Å². The Bertz CT molecular complexity index is 694. The third-order valence-electron chi connectivity index (χ3n) is 2.94. The van der Waals surface area contributed by atoms with Gasteiger partial charge in [0.1, 0.15) is 11.5 Å². The predicted molar refractivity (Wildman–Crippen MR) is 83.0 cm³/mol. The first-order chi connectivity index (χ1) is 10.5. The second-order valence-electron chi connectivity index (χ2n) is 4.29. The number of thiol groups is 1. The van der Waals surface area contributed by atoms with Gasteiger partial charge in [-0.2, -0.15) is 0 Å². The van der Waals surface area contributed by atoms with Crippen molar-refractivity contribution in [1.82, 2.24) is 0 Å². The van der Waals surface area contributed by atoms with Gasteiger partial charge in [0.25, 0.3) is 0 Å². The van der Waals surface area contributed by atoms with Crippen LogP contribution in [0.4, 0.5) is 0 Å². The standard InChI is InChI=1S/C16H14O5S/c1-19-11-5-3-10(4-6-11)15(17)21-16(18)13-8-7-12(20-2)9-14(13)22/h3-9,22H,1-2H3. The Labute approximate surface area is 133 Å². The molecule has 0 amide bonds. The predicted octanol–water partition coefficient (Wildman–Crippen LogP) is 2.99.